The van der Waals surface area contributed by atoms with E-state index in [0.29, 0.717) is 13.2 Å². The van der Waals surface area contributed by atoms with Crippen LogP contribution in [0.2, 0.25) is 0 Å². The topological polar surface area (TPSA) is 49.8 Å². The second-order valence-electron chi connectivity index (χ2n) is 9.02. The minimum Gasteiger partial charge on any atom is -0.489 e. The number of fused-ring (bicyclic) bond motifs is 1. The summed E-state index contributed by atoms with van der Waals surface area (Å²) in [5.74, 6) is -0.205. The molecule has 4 heteroatoms. The minimum absolute atomic E-state index is 0.00469. The van der Waals surface area contributed by atoms with E-state index in [1.54, 1.807) is 0 Å². The Kier molecular flexibility index (Phi) is 6.59. The fraction of sp³-hybridized carbons (Fsp3) is 0.233. The molecule has 1 fully saturated rings. The Hall–Kier alpha value is -3.63. The van der Waals surface area contributed by atoms with Gasteiger partial charge >= 0.3 is 5.97 Å². The first-order chi connectivity index (χ1) is 16.7. The van der Waals surface area contributed by atoms with E-state index in [-0.39, 0.29) is 12.0 Å². The number of hydrogen-bond donors (Lipinski definition) is 1. The molecule has 0 aliphatic carbocycles. The van der Waals surface area contributed by atoms with E-state index in [0.717, 1.165) is 36.3 Å². The largest absolute Gasteiger partial charge is 0.489 e. The maximum atomic E-state index is 11.8. The van der Waals surface area contributed by atoms with Crippen LogP contribution in [0, 0.1) is 5.92 Å². The molecule has 0 saturated carbocycles. The van der Waals surface area contributed by atoms with Crippen molar-refractivity contribution in [1.29, 1.82) is 0 Å². The van der Waals surface area contributed by atoms with Crippen molar-refractivity contribution in [2.45, 2.75) is 25.5 Å². The normalized spacial score (nSPS) is 17.4. The number of aliphatic carboxylic acids is 1. The van der Waals surface area contributed by atoms with Crippen molar-refractivity contribution in [3.63, 3.8) is 0 Å². The molecule has 34 heavy (non-hydrogen) atoms. The number of rotatable bonds is 7. The number of likely N-dealkylation sites (tertiary alicyclic amines) is 1. The standard InChI is InChI=1S/C30H29NO3/c32-30(33)27-11-6-18-31(20-27)29(26-13-12-23-9-4-5-10-25(23)19-26)24-14-16-28(17-15-24)34-21-22-7-2-1-3-8-22/h1-5,7-10,12-17,19,27,29H,6,11,18,20-21H2,(H,32,33). The predicted molar refractivity (Wildman–Crippen MR) is 135 cm³/mol. The van der Waals surface area contributed by atoms with Crippen LogP contribution in [0.1, 0.15) is 35.6 Å². The van der Waals surface area contributed by atoms with Gasteiger partial charge in [0.05, 0.1) is 12.0 Å². The highest BCUT2D eigenvalue weighted by atomic mass is 16.5. The summed E-state index contributed by atoms with van der Waals surface area (Å²) in [6.07, 6.45) is 1.63. The molecule has 172 valence electrons. The van der Waals surface area contributed by atoms with Crippen molar-refractivity contribution in [3.05, 3.63) is 114 Å². The molecular weight excluding hydrogens is 422 g/mol. The molecule has 4 nitrogen and oxygen atoms in total. The first-order valence-electron chi connectivity index (χ1n) is 11.9. The summed E-state index contributed by atoms with van der Waals surface area (Å²) in [6.45, 7) is 1.97. The van der Waals surface area contributed by atoms with Crippen molar-refractivity contribution in [2.24, 2.45) is 5.92 Å². The zero-order chi connectivity index (χ0) is 23.3. The van der Waals surface area contributed by atoms with Crippen LogP contribution in [-0.4, -0.2) is 29.1 Å². The molecule has 2 atom stereocenters. The number of benzene rings is 4. The molecule has 4 aromatic carbocycles. The summed E-state index contributed by atoms with van der Waals surface area (Å²) in [6, 6.07) is 33.3. The van der Waals surface area contributed by atoms with Gasteiger partial charge in [0.25, 0.3) is 0 Å². The maximum absolute atomic E-state index is 11.8. The molecule has 1 aliphatic heterocycles. The molecule has 1 saturated heterocycles. The molecule has 0 radical (unpaired) electrons. The third-order valence-electron chi connectivity index (χ3n) is 6.70. The van der Waals surface area contributed by atoms with Gasteiger partial charge in [0, 0.05) is 6.54 Å². The number of piperidine rings is 1. The zero-order valence-electron chi connectivity index (χ0n) is 19.1. The minimum atomic E-state index is -0.702. The summed E-state index contributed by atoms with van der Waals surface area (Å²) < 4.78 is 5.99. The van der Waals surface area contributed by atoms with E-state index < -0.39 is 5.97 Å². The van der Waals surface area contributed by atoms with Crippen LogP contribution in [0.15, 0.2) is 97.1 Å². The van der Waals surface area contributed by atoms with Gasteiger partial charge in [-0.25, -0.2) is 0 Å². The smallest absolute Gasteiger partial charge is 0.307 e. The van der Waals surface area contributed by atoms with Crippen LogP contribution in [0.5, 0.6) is 5.75 Å². The summed E-state index contributed by atoms with van der Waals surface area (Å²) in [7, 11) is 0. The lowest BCUT2D eigenvalue weighted by Gasteiger charge is -2.37. The Morgan fingerprint density at radius 1 is 0.882 bits per heavy atom. The Bertz CT molecular complexity index is 1250. The van der Waals surface area contributed by atoms with Gasteiger partial charge in [0.2, 0.25) is 0 Å². The third kappa shape index (κ3) is 4.97. The van der Waals surface area contributed by atoms with E-state index in [4.69, 9.17) is 4.74 Å². The summed E-state index contributed by atoms with van der Waals surface area (Å²) in [5.41, 5.74) is 3.46. The van der Waals surface area contributed by atoms with Crippen LogP contribution in [0.25, 0.3) is 10.8 Å². The van der Waals surface area contributed by atoms with E-state index in [9.17, 15) is 9.90 Å². The molecule has 1 aliphatic rings. The van der Waals surface area contributed by atoms with Gasteiger partial charge in [-0.3, -0.25) is 9.69 Å². The molecule has 0 bridgehead atoms. The van der Waals surface area contributed by atoms with Crippen molar-refractivity contribution in [2.75, 3.05) is 13.1 Å². The van der Waals surface area contributed by atoms with E-state index in [1.807, 2.05) is 30.3 Å². The Morgan fingerprint density at radius 2 is 1.59 bits per heavy atom. The number of nitrogens with zero attached hydrogens (tertiary/aromatic N) is 1. The van der Waals surface area contributed by atoms with Crippen LogP contribution in [0.3, 0.4) is 0 Å². The molecule has 0 amide bonds. The fourth-order valence-electron chi connectivity index (χ4n) is 4.92. The Morgan fingerprint density at radius 3 is 2.35 bits per heavy atom. The molecular formula is C30H29NO3. The van der Waals surface area contributed by atoms with Gasteiger partial charge in [-0.1, -0.05) is 78.9 Å². The first-order valence-corrected chi connectivity index (χ1v) is 11.9. The fourth-order valence-corrected chi connectivity index (χ4v) is 4.92. The van der Waals surface area contributed by atoms with Crippen LogP contribution in [0.4, 0.5) is 0 Å². The lowest BCUT2D eigenvalue weighted by molar-refractivity contribution is -0.143. The van der Waals surface area contributed by atoms with Crippen LogP contribution >= 0.6 is 0 Å². The number of hydrogen-bond acceptors (Lipinski definition) is 3. The second kappa shape index (κ2) is 10.1. The average Bonchev–Trinajstić information content (AvgIpc) is 2.89. The van der Waals surface area contributed by atoms with E-state index in [1.165, 1.54) is 16.3 Å². The molecule has 4 aromatic rings. The van der Waals surface area contributed by atoms with E-state index in [2.05, 4.69) is 71.6 Å². The van der Waals surface area contributed by atoms with Crippen LogP contribution < -0.4 is 4.74 Å². The average molecular weight is 452 g/mol. The van der Waals surface area contributed by atoms with Gasteiger partial charge < -0.3 is 9.84 Å². The molecule has 2 unspecified atom stereocenters. The number of carboxylic acids is 1. The van der Waals surface area contributed by atoms with Gasteiger partial charge in [-0.15, -0.1) is 0 Å². The lowest BCUT2D eigenvalue weighted by atomic mass is 9.90. The van der Waals surface area contributed by atoms with Crippen molar-refractivity contribution in [3.8, 4) is 5.75 Å². The Balaban J connectivity index is 1.44. The third-order valence-corrected chi connectivity index (χ3v) is 6.70. The van der Waals surface area contributed by atoms with Crippen LogP contribution in [-0.2, 0) is 11.4 Å². The van der Waals surface area contributed by atoms with Gasteiger partial charge in [-0.2, -0.15) is 0 Å². The number of carboxylic acid groups (broad SMARTS) is 1. The van der Waals surface area contributed by atoms with Crippen molar-refractivity contribution >= 4 is 16.7 Å². The summed E-state index contributed by atoms with van der Waals surface area (Å²) >= 11 is 0. The quantitative estimate of drug-likeness (QED) is 0.358. The summed E-state index contributed by atoms with van der Waals surface area (Å²) in [4.78, 5) is 14.1. The maximum Gasteiger partial charge on any atom is 0.307 e. The number of ether oxygens (including phenoxy) is 1. The lowest BCUT2D eigenvalue weighted by Crippen LogP contribution is -2.41. The summed E-state index contributed by atoms with van der Waals surface area (Å²) in [5, 5.41) is 12.1. The van der Waals surface area contributed by atoms with Gasteiger partial charge in [-0.05, 0) is 65.0 Å². The molecule has 5 rings (SSSR count). The Labute approximate surface area is 200 Å². The van der Waals surface area contributed by atoms with E-state index >= 15 is 0 Å². The second-order valence-corrected chi connectivity index (χ2v) is 9.02. The number of carbonyl (C=O) groups is 1. The molecule has 1 heterocycles. The zero-order valence-corrected chi connectivity index (χ0v) is 19.1. The SMILES string of the molecule is O=C(O)C1CCCN(C(c2ccc(OCc3ccccc3)cc2)c2ccc3ccccc3c2)C1. The van der Waals surface area contributed by atoms with Gasteiger partial charge in [0.15, 0.2) is 0 Å². The predicted octanol–water partition coefficient (Wildman–Crippen LogP) is 6.30. The highest BCUT2D eigenvalue weighted by molar-refractivity contribution is 5.83. The molecule has 0 aromatic heterocycles. The van der Waals surface area contributed by atoms with Crippen molar-refractivity contribution < 1.29 is 14.6 Å². The highest BCUT2D eigenvalue weighted by Gasteiger charge is 2.31. The molecule has 1 N–H and O–H groups in total. The van der Waals surface area contributed by atoms with Gasteiger partial charge in [0.1, 0.15) is 12.4 Å². The monoisotopic (exact) mass is 451 g/mol. The molecule has 0 spiro atoms. The first kappa shape index (κ1) is 22.2. The van der Waals surface area contributed by atoms with Crippen molar-refractivity contribution in [1.82, 2.24) is 4.90 Å². The highest BCUT2D eigenvalue weighted by Crippen LogP contribution is 2.35.